The zero-order valence-corrected chi connectivity index (χ0v) is 17.2. The van der Waals surface area contributed by atoms with E-state index in [1.54, 1.807) is 30.5 Å². The summed E-state index contributed by atoms with van der Waals surface area (Å²) in [7, 11) is 0. The largest absolute Gasteiger partial charge is 0.378 e. The number of amides is 2. The van der Waals surface area contributed by atoms with E-state index >= 15 is 0 Å². The maximum Gasteiger partial charge on any atom is 0.251 e. The van der Waals surface area contributed by atoms with Gasteiger partial charge in [0.1, 0.15) is 5.82 Å². The molecule has 7 nitrogen and oxygen atoms in total. The van der Waals surface area contributed by atoms with E-state index < -0.39 is 5.41 Å². The topological polar surface area (TPSA) is 83.6 Å². The first-order valence-corrected chi connectivity index (χ1v) is 9.80. The molecular weight excluding hydrogens is 368 g/mol. The first-order chi connectivity index (χ1) is 13.8. The lowest BCUT2D eigenvalue weighted by molar-refractivity contribution is -0.123. The number of rotatable bonds is 5. The molecule has 7 heteroatoms. The molecule has 0 unspecified atom stereocenters. The van der Waals surface area contributed by atoms with Gasteiger partial charge in [0.25, 0.3) is 5.91 Å². The third-order valence-corrected chi connectivity index (χ3v) is 4.66. The number of nitrogens with one attached hydrogen (secondary N) is 2. The van der Waals surface area contributed by atoms with Crippen LogP contribution in [0.5, 0.6) is 0 Å². The molecule has 1 fully saturated rings. The van der Waals surface area contributed by atoms with Crippen LogP contribution in [0, 0.1) is 5.41 Å². The zero-order chi connectivity index (χ0) is 20.9. The molecule has 2 amide bonds. The molecule has 3 rings (SSSR count). The van der Waals surface area contributed by atoms with Gasteiger partial charge in [-0.25, -0.2) is 4.98 Å². The molecule has 1 aliphatic heterocycles. The Morgan fingerprint density at radius 1 is 1.14 bits per heavy atom. The van der Waals surface area contributed by atoms with Crippen LogP contribution in [0.3, 0.4) is 0 Å². The van der Waals surface area contributed by atoms with Crippen molar-refractivity contribution in [3.8, 4) is 0 Å². The summed E-state index contributed by atoms with van der Waals surface area (Å²) in [6.45, 7) is 8.97. The fourth-order valence-electron chi connectivity index (χ4n) is 2.88. The van der Waals surface area contributed by atoms with Crippen LogP contribution in [0.25, 0.3) is 0 Å². The smallest absolute Gasteiger partial charge is 0.251 e. The van der Waals surface area contributed by atoms with E-state index in [-0.39, 0.29) is 11.8 Å². The third-order valence-electron chi connectivity index (χ3n) is 4.66. The summed E-state index contributed by atoms with van der Waals surface area (Å²) in [5.74, 6) is 0.607. The molecule has 1 saturated heterocycles. The van der Waals surface area contributed by atoms with Crippen molar-refractivity contribution in [1.82, 2.24) is 10.3 Å². The zero-order valence-electron chi connectivity index (χ0n) is 17.2. The first-order valence-electron chi connectivity index (χ1n) is 9.80. The van der Waals surface area contributed by atoms with Gasteiger partial charge in [-0.2, -0.15) is 0 Å². The summed E-state index contributed by atoms with van der Waals surface area (Å²) in [6.07, 6.45) is 1.76. The fraction of sp³-hybridized carbons (Fsp3) is 0.409. The Hall–Kier alpha value is -2.93. The lowest BCUT2D eigenvalue weighted by Crippen LogP contribution is -2.36. The Labute approximate surface area is 171 Å². The Morgan fingerprint density at radius 2 is 1.90 bits per heavy atom. The summed E-state index contributed by atoms with van der Waals surface area (Å²) in [5.41, 5.74) is 1.58. The van der Waals surface area contributed by atoms with E-state index in [0.29, 0.717) is 31.0 Å². The number of benzene rings is 1. The molecule has 0 bridgehead atoms. The Bertz CT molecular complexity index is 870. The lowest BCUT2D eigenvalue weighted by Gasteiger charge is -2.28. The van der Waals surface area contributed by atoms with Gasteiger partial charge in [-0.15, -0.1) is 0 Å². The second-order valence-electron chi connectivity index (χ2n) is 8.09. The van der Waals surface area contributed by atoms with E-state index in [1.165, 1.54) is 0 Å². The number of carbonyl (C=O) groups excluding carboxylic acids is 2. The molecule has 29 heavy (non-hydrogen) atoms. The Morgan fingerprint density at radius 3 is 2.62 bits per heavy atom. The summed E-state index contributed by atoms with van der Waals surface area (Å²) in [6, 6.07) is 10.8. The first kappa shape index (κ1) is 20.8. The van der Waals surface area contributed by atoms with Crippen LogP contribution in [0.1, 0.15) is 36.7 Å². The molecular formula is C22H28N4O3. The van der Waals surface area contributed by atoms with Gasteiger partial charge in [-0.05, 0) is 35.9 Å². The molecule has 154 valence electrons. The van der Waals surface area contributed by atoms with Crippen LogP contribution in [-0.4, -0.2) is 43.1 Å². The van der Waals surface area contributed by atoms with Crippen LogP contribution in [0.4, 0.5) is 11.5 Å². The van der Waals surface area contributed by atoms with E-state index in [0.717, 1.165) is 24.5 Å². The van der Waals surface area contributed by atoms with Gasteiger partial charge in [-0.3, -0.25) is 9.59 Å². The molecule has 2 aromatic rings. The molecule has 0 aliphatic carbocycles. The molecule has 1 aromatic heterocycles. The highest BCUT2D eigenvalue weighted by atomic mass is 16.5. The van der Waals surface area contributed by atoms with Crippen molar-refractivity contribution in [2.75, 3.05) is 36.5 Å². The second kappa shape index (κ2) is 9.05. The number of carbonyl (C=O) groups is 2. The summed E-state index contributed by atoms with van der Waals surface area (Å²) in [5, 5.41) is 5.79. The van der Waals surface area contributed by atoms with E-state index in [4.69, 9.17) is 4.74 Å². The highest BCUT2D eigenvalue weighted by Crippen LogP contribution is 2.18. The standard InChI is InChI=1S/C22H28N4O3/c1-22(2,3)21(28)25-18-6-4-5-17(14-18)20(27)24-15-16-7-8-23-19(13-16)26-9-11-29-12-10-26/h4-8,13-14H,9-12,15H2,1-3H3,(H,24,27)(H,25,28). The van der Waals surface area contributed by atoms with Crippen molar-refractivity contribution in [2.45, 2.75) is 27.3 Å². The molecule has 2 N–H and O–H groups in total. The van der Waals surface area contributed by atoms with Crippen LogP contribution in [0.2, 0.25) is 0 Å². The van der Waals surface area contributed by atoms with Gasteiger partial charge in [0.15, 0.2) is 0 Å². The predicted molar refractivity (Wildman–Crippen MR) is 113 cm³/mol. The maximum absolute atomic E-state index is 12.6. The SMILES string of the molecule is CC(C)(C)C(=O)Nc1cccc(C(=O)NCc2ccnc(N3CCOCC3)c2)c1. The molecule has 0 saturated carbocycles. The average Bonchev–Trinajstić information content (AvgIpc) is 2.72. The van der Waals surface area contributed by atoms with Gasteiger partial charge >= 0.3 is 0 Å². The summed E-state index contributed by atoms with van der Waals surface area (Å²) >= 11 is 0. The number of anilines is 2. The van der Waals surface area contributed by atoms with Crippen LogP contribution >= 0.6 is 0 Å². The Balaban J connectivity index is 1.61. The van der Waals surface area contributed by atoms with Crippen molar-refractivity contribution in [1.29, 1.82) is 0 Å². The van der Waals surface area contributed by atoms with Gasteiger partial charge in [-0.1, -0.05) is 26.8 Å². The molecule has 1 aliphatic rings. The molecule has 2 heterocycles. The van der Waals surface area contributed by atoms with Gasteiger partial charge in [0.05, 0.1) is 13.2 Å². The van der Waals surface area contributed by atoms with Crippen LogP contribution in [0.15, 0.2) is 42.6 Å². The molecule has 0 radical (unpaired) electrons. The molecule has 0 spiro atoms. The van der Waals surface area contributed by atoms with Gasteiger partial charge < -0.3 is 20.3 Å². The van der Waals surface area contributed by atoms with Crippen LogP contribution in [-0.2, 0) is 16.1 Å². The minimum absolute atomic E-state index is 0.0949. The highest BCUT2D eigenvalue weighted by molar-refractivity contribution is 5.98. The predicted octanol–water partition coefficient (Wildman–Crippen LogP) is 2.83. The number of aromatic nitrogens is 1. The minimum Gasteiger partial charge on any atom is -0.378 e. The van der Waals surface area contributed by atoms with Crippen molar-refractivity contribution < 1.29 is 14.3 Å². The van der Waals surface area contributed by atoms with Gasteiger partial charge in [0.2, 0.25) is 5.91 Å². The lowest BCUT2D eigenvalue weighted by atomic mass is 9.95. The molecule has 0 atom stereocenters. The summed E-state index contributed by atoms with van der Waals surface area (Å²) < 4.78 is 5.38. The number of hydrogen-bond donors (Lipinski definition) is 2. The van der Waals surface area contributed by atoms with E-state index in [9.17, 15) is 9.59 Å². The normalized spacial score (nSPS) is 14.4. The van der Waals surface area contributed by atoms with Crippen molar-refractivity contribution in [3.63, 3.8) is 0 Å². The Kier molecular flexibility index (Phi) is 6.49. The quantitative estimate of drug-likeness (QED) is 0.812. The van der Waals surface area contributed by atoms with E-state index in [2.05, 4.69) is 20.5 Å². The maximum atomic E-state index is 12.6. The number of nitrogens with zero attached hydrogens (tertiary/aromatic N) is 2. The minimum atomic E-state index is -0.502. The number of pyridine rings is 1. The van der Waals surface area contributed by atoms with Crippen molar-refractivity contribution in [3.05, 3.63) is 53.7 Å². The number of morpholine rings is 1. The van der Waals surface area contributed by atoms with Crippen molar-refractivity contribution >= 4 is 23.3 Å². The highest BCUT2D eigenvalue weighted by Gasteiger charge is 2.21. The monoisotopic (exact) mass is 396 g/mol. The average molecular weight is 396 g/mol. The second-order valence-corrected chi connectivity index (χ2v) is 8.09. The van der Waals surface area contributed by atoms with Crippen molar-refractivity contribution in [2.24, 2.45) is 5.41 Å². The number of hydrogen-bond acceptors (Lipinski definition) is 5. The molecule has 1 aromatic carbocycles. The third kappa shape index (κ3) is 5.77. The fourth-order valence-corrected chi connectivity index (χ4v) is 2.88. The summed E-state index contributed by atoms with van der Waals surface area (Å²) in [4.78, 5) is 31.3. The van der Waals surface area contributed by atoms with E-state index in [1.807, 2.05) is 32.9 Å². The number of ether oxygens (including phenoxy) is 1. The van der Waals surface area contributed by atoms with Gasteiger partial charge in [0, 0.05) is 42.5 Å². The van der Waals surface area contributed by atoms with Crippen LogP contribution < -0.4 is 15.5 Å².